The van der Waals surface area contributed by atoms with Crippen molar-refractivity contribution in [2.45, 2.75) is 57.0 Å². The van der Waals surface area contributed by atoms with Gasteiger partial charge in [0.05, 0.1) is 0 Å². The molecule has 2 fully saturated rings. The summed E-state index contributed by atoms with van der Waals surface area (Å²) < 4.78 is 0. The minimum Gasteiger partial charge on any atom is -0.675 e. The van der Waals surface area contributed by atoms with E-state index in [0.29, 0.717) is 6.42 Å². The Morgan fingerprint density at radius 2 is 1.21 bits per heavy atom. The van der Waals surface area contributed by atoms with Crippen LogP contribution in [0, 0.1) is 5.41 Å². The van der Waals surface area contributed by atoms with Crippen molar-refractivity contribution in [2.24, 2.45) is 5.41 Å². The Balaban J connectivity index is 0.000000331. The molecule has 2 rings (SSSR count). The van der Waals surface area contributed by atoms with Crippen LogP contribution in [0.15, 0.2) is 0 Å². The van der Waals surface area contributed by atoms with Gasteiger partial charge in [0.15, 0.2) is 5.41 Å². The van der Waals surface area contributed by atoms with E-state index in [-0.39, 0.29) is 46.0 Å². The first-order valence-corrected chi connectivity index (χ1v) is 6.27. The molecule has 19 heavy (non-hydrogen) atoms. The van der Waals surface area contributed by atoms with E-state index in [4.69, 9.17) is 21.7 Å². The average molecular weight is 451 g/mol. The maximum atomic E-state index is 10.4. The van der Waals surface area contributed by atoms with Gasteiger partial charge in [-0.15, -0.1) is 12.1 Å². The number of carbonyl (C=O) groups is 2. The van der Waals surface area contributed by atoms with Crippen molar-refractivity contribution < 1.29 is 40.9 Å². The van der Waals surface area contributed by atoms with Crippen molar-refractivity contribution in [2.75, 3.05) is 0 Å². The van der Waals surface area contributed by atoms with Gasteiger partial charge in [0.2, 0.25) is 0 Å². The van der Waals surface area contributed by atoms with E-state index in [0.717, 1.165) is 25.7 Å². The van der Waals surface area contributed by atoms with Crippen molar-refractivity contribution >= 4 is 11.9 Å². The molecule has 0 aromatic heterocycles. The molecular weight excluding hydrogens is 431 g/mol. The zero-order chi connectivity index (χ0) is 13.8. The first-order chi connectivity index (χ1) is 8.38. The predicted molar refractivity (Wildman–Crippen MR) is 66.2 cm³/mol. The van der Waals surface area contributed by atoms with Crippen molar-refractivity contribution in [3.63, 3.8) is 0 Å². The molecule has 2 aliphatic carbocycles. The fourth-order valence-corrected chi connectivity index (χ4v) is 2.14. The first kappa shape index (κ1) is 18.5. The van der Waals surface area contributed by atoms with E-state index < -0.39 is 17.4 Å². The van der Waals surface area contributed by atoms with E-state index in [1.165, 1.54) is 0 Å². The number of aliphatic carboxylic acids is 2. The van der Waals surface area contributed by atoms with Crippen LogP contribution in [0.25, 0.3) is 11.5 Å². The summed E-state index contributed by atoms with van der Waals surface area (Å²) in [7, 11) is 0. The van der Waals surface area contributed by atoms with Crippen molar-refractivity contribution in [3.8, 4) is 0 Å². The number of rotatable bonds is 2. The number of hydrogen-bond donors (Lipinski definition) is 2. The van der Waals surface area contributed by atoms with E-state index >= 15 is 0 Å². The fourth-order valence-electron chi connectivity index (χ4n) is 2.14. The molecule has 2 aliphatic rings. The molecule has 112 valence electrons. The molecular formula is C12H20N2O4Pt. The molecule has 0 saturated heterocycles. The largest absolute Gasteiger partial charge is 2.00 e. The third-order valence-electron chi connectivity index (χ3n) is 3.75. The van der Waals surface area contributed by atoms with Gasteiger partial charge in [0, 0.05) is 0 Å². The molecule has 0 aromatic carbocycles. The molecule has 0 radical (unpaired) electrons. The maximum Gasteiger partial charge on any atom is 2.00 e. The van der Waals surface area contributed by atoms with Crippen molar-refractivity contribution in [1.82, 2.24) is 0 Å². The smallest absolute Gasteiger partial charge is 0.675 e. The Kier molecular flexibility index (Phi) is 7.78. The molecule has 4 N–H and O–H groups in total. The van der Waals surface area contributed by atoms with Gasteiger partial charge >= 0.3 is 33.0 Å². The Morgan fingerprint density at radius 3 is 1.32 bits per heavy atom. The van der Waals surface area contributed by atoms with Gasteiger partial charge in [-0.25, -0.2) is 0 Å². The van der Waals surface area contributed by atoms with Gasteiger partial charge in [0.1, 0.15) is 0 Å². The standard InChI is InChI=1S/C6H12N2.C6H8O4.Pt/c7-5-1-2-6(8)4-3-5;7-4(8)6(5(9)10)2-1-3-6;/h5-8H,1-4H2;1-3H2,(H,7,8)(H,9,10);/q-2;;+2. The number of carboxylic acid groups (broad SMARTS) is 2. The second-order valence-corrected chi connectivity index (χ2v) is 5.09. The van der Waals surface area contributed by atoms with Crippen LogP contribution in [0.2, 0.25) is 0 Å². The van der Waals surface area contributed by atoms with Gasteiger partial charge in [-0.05, 0) is 19.3 Å². The molecule has 0 spiro atoms. The summed E-state index contributed by atoms with van der Waals surface area (Å²) in [6.07, 6.45) is 5.07. The molecule has 0 unspecified atom stereocenters. The zero-order valence-electron chi connectivity index (χ0n) is 10.6. The van der Waals surface area contributed by atoms with Crippen LogP contribution in [0.1, 0.15) is 44.9 Å². The van der Waals surface area contributed by atoms with E-state index in [9.17, 15) is 9.59 Å². The van der Waals surface area contributed by atoms with Gasteiger partial charge in [-0.1, -0.05) is 25.7 Å². The summed E-state index contributed by atoms with van der Waals surface area (Å²) in [5.74, 6) is -2.41. The minimum absolute atomic E-state index is 0. The van der Waals surface area contributed by atoms with Crippen LogP contribution in [-0.2, 0) is 30.7 Å². The molecule has 0 amide bonds. The Bertz CT molecular complexity index is 287. The van der Waals surface area contributed by atoms with E-state index in [1.54, 1.807) is 0 Å². The minimum atomic E-state index is -1.44. The maximum absolute atomic E-state index is 10.4. The van der Waals surface area contributed by atoms with Crippen LogP contribution in [-0.4, -0.2) is 34.2 Å². The van der Waals surface area contributed by atoms with Crippen LogP contribution in [0.3, 0.4) is 0 Å². The molecule has 0 aliphatic heterocycles. The number of hydrogen-bond acceptors (Lipinski definition) is 2. The summed E-state index contributed by atoms with van der Waals surface area (Å²) in [6.45, 7) is 0. The van der Waals surface area contributed by atoms with Crippen LogP contribution < -0.4 is 0 Å². The van der Waals surface area contributed by atoms with Gasteiger partial charge < -0.3 is 21.7 Å². The normalized spacial score (nSPS) is 27.9. The third-order valence-corrected chi connectivity index (χ3v) is 3.75. The zero-order valence-corrected chi connectivity index (χ0v) is 12.9. The summed E-state index contributed by atoms with van der Waals surface area (Å²) in [6, 6.07) is 0.299. The first-order valence-electron chi connectivity index (χ1n) is 6.27. The van der Waals surface area contributed by atoms with Gasteiger partial charge in [0.25, 0.3) is 0 Å². The molecule has 6 nitrogen and oxygen atoms in total. The topological polar surface area (TPSA) is 122 Å². The molecule has 0 atom stereocenters. The SMILES string of the molecule is O=C(O)C1(C(=O)O)CCC1.[NH-]C1CCC([NH-])CC1.[Pt+2]. The Labute approximate surface area is 127 Å². The summed E-state index contributed by atoms with van der Waals surface area (Å²) in [5.41, 5.74) is 13.1. The van der Waals surface area contributed by atoms with Crippen LogP contribution >= 0.6 is 0 Å². The van der Waals surface area contributed by atoms with Gasteiger partial charge in [-0.2, -0.15) is 0 Å². The van der Waals surface area contributed by atoms with E-state index in [2.05, 4.69) is 0 Å². The molecule has 0 aromatic rings. The molecule has 0 bridgehead atoms. The predicted octanol–water partition coefficient (Wildman–Crippen LogP) is 2.73. The number of nitrogens with one attached hydrogen (secondary N) is 2. The summed E-state index contributed by atoms with van der Waals surface area (Å²) >= 11 is 0. The quantitative estimate of drug-likeness (QED) is 0.627. The summed E-state index contributed by atoms with van der Waals surface area (Å²) in [5, 5.41) is 16.9. The summed E-state index contributed by atoms with van der Waals surface area (Å²) in [4.78, 5) is 20.7. The molecule has 0 heterocycles. The average Bonchev–Trinajstić information content (AvgIpc) is 2.20. The molecule has 2 saturated carbocycles. The molecule has 7 heteroatoms. The number of carboxylic acids is 2. The Morgan fingerprint density at radius 1 is 0.895 bits per heavy atom. The van der Waals surface area contributed by atoms with Crippen molar-refractivity contribution in [1.29, 1.82) is 0 Å². The monoisotopic (exact) mass is 451 g/mol. The van der Waals surface area contributed by atoms with Crippen LogP contribution in [0.5, 0.6) is 0 Å². The third kappa shape index (κ3) is 4.86. The second-order valence-electron chi connectivity index (χ2n) is 5.09. The van der Waals surface area contributed by atoms with E-state index in [1.807, 2.05) is 0 Å². The van der Waals surface area contributed by atoms with Gasteiger partial charge in [-0.3, -0.25) is 9.59 Å². The second kappa shape index (κ2) is 7.97. The van der Waals surface area contributed by atoms with Crippen molar-refractivity contribution in [3.05, 3.63) is 11.5 Å². The fraction of sp³-hybridized carbons (Fsp3) is 0.833. The van der Waals surface area contributed by atoms with Crippen LogP contribution in [0.4, 0.5) is 0 Å². The Hall–Kier alpha value is -0.452.